The fourth-order valence-corrected chi connectivity index (χ4v) is 1.29. The van der Waals surface area contributed by atoms with E-state index in [1.165, 1.54) is 0 Å². The Kier molecular flexibility index (Phi) is 2.33. The number of rotatable bonds is 0. The third kappa shape index (κ3) is 1.81. The van der Waals surface area contributed by atoms with Gasteiger partial charge in [-0.05, 0) is 14.1 Å². The standard InChI is InChI=1S/C6H13ClN2/c1-8-3-4-9(2)6(7)5-8/h6H,3-5H2,1-2H3/t6-/m1/s1. The normalized spacial score (nSPS) is 33.0. The molecule has 0 bridgehead atoms. The van der Waals surface area contributed by atoms with Crippen molar-refractivity contribution in [1.29, 1.82) is 0 Å². The van der Waals surface area contributed by atoms with Crippen molar-refractivity contribution < 1.29 is 0 Å². The fraction of sp³-hybridized carbons (Fsp3) is 1.00. The molecule has 0 radical (unpaired) electrons. The van der Waals surface area contributed by atoms with Crippen LogP contribution in [0, 0.1) is 0 Å². The number of hydrogen-bond donors (Lipinski definition) is 0. The summed E-state index contributed by atoms with van der Waals surface area (Å²) in [7, 11) is 4.16. The summed E-state index contributed by atoms with van der Waals surface area (Å²) in [6, 6.07) is 0. The SMILES string of the molecule is CN1CCN(C)[C@@H](Cl)C1. The van der Waals surface area contributed by atoms with E-state index in [-0.39, 0.29) is 5.50 Å². The van der Waals surface area contributed by atoms with Crippen LogP contribution in [-0.2, 0) is 0 Å². The second-order valence-electron chi connectivity index (χ2n) is 2.68. The van der Waals surface area contributed by atoms with E-state index >= 15 is 0 Å². The van der Waals surface area contributed by atoms with Crippen molar-refractivity contribution in [3.05, 3.63) is 0 Å². The van der Waals surface area contributed by atoms with Crippen LogP contribution in [0.4, 0.5) is 0 Å². The predicted octanol–water partition coefficient (Wildman–Crippen LogP) is 0.428. The summed E-state index contributed by atoms with van der Waals surface area (Å²) in [4.78, 5) is 4.42. The van der Waals surface area contributed by atoms with Crippen molar-refractivity contribution in [2.45, 2.75) is 5.50 Å². The van der Waals surface area contributed by atoms with E-state index in [4.69, 9.17) is 11.6 Å². The molecular weight excluding hydrogens is 136 g/mol. The molecule has 0 aromatic rings. The second-order valence-corrected chi connectivity index (χ2v) is 3.18. The highest BCUT2D eigenvalue weighted by Gasteiger charge is 2.18. The van der Waals surface area contributed by atoms with E-state index in [0.29, 0.717) is 0 Å². The van der Waals surface area contributed by atoms with Gasteiger partial charge in [0.15, 0.2) is 0 Å². The quantitative estimate of drug-likeness (QED) is 0.363. The summed E-state index contributed by atoms with van der Waals surface area (Å²) < 4.78 is 0. The lowest BCUT2D eigenvalue weighted by atomic mass is 10.3. The highest BCUT2D eigenvalue weighted by atomic mass is 35.5. The lowest BCUT2D eigenvalue weighted by Crippen LogP contribution is -2.47. The molecule has 0 aromatic heterocycles. The van der Waals surface area contributed by atoms with Crippen LogP contribution < -0.4 is 0 Å². The Morgan fingerprint density at radius 2 is 2.00 bits per heavy atom. The van der Waals surface area contributed by atoms with Gasteiger partial charge in [-0.1, -0.05) is 0 Å². The Hall–Kier alpha value is 0.210. The second kappa shape index (κ2) is 2.86. The summed E-state index contributed by atoms with van der Waals surface area (Å²) in [5, 5.41) is 0. The topological polar surface area (TPSA) is 6.48 Å². The van der Waals surface area contributed by atoms with Gasteiger partial charge >= 0.3 is 0 Å². The Bertz CT molecular complexity index is 97.1. The average molecular weight is 149 g/mol. The summed E-state index contributed by atoms with van der Waals surface area (Å²) >= 11 is 5.95. The average Bonchev–Trinajstić information content (AvgIpc) is 1.80. The zero-order valence-electron chi connectivity index (χ0n) is 5.97. The van der Waals surface area contributed by atoms with Crippen molar-refractivity contribution in [2.24, 2.45) is 0 Å². The summed E-state index contributed by atoms with van der Waals surface area (Å²) in [5.41, 5.74) is 0.212. The molecule has 1 atom stereocenters. The summed E-state index contributed by atoms with van der Waals surface area (Å²) in [6.45, 7) is 3.21. The van der Waals surface area contributed by atoms with Gasteiger partial charge in [-0.15, -0.1) is 11.6 Å². The largest absolute Gasteiger partial charge is 0.302 e. The molecule has 2 nitrogen and oxygen atoms in total. The minimum atomic E-state index is 0.212. The molecule has 3 heteroatoms. The van der Waals surface area contributed by atoms with Crippen molar-refractivity contribution in [1.82, 2.24) is 9.80 Å². The third-order valence-electron chi connectivity index (χ3n) is 1.78. The lowest BCUT2D eigenvalue weighted by molar-refractivity contribution is 0.158. The van der Waals surface area contributed by atoms with Gasteiger partial charge in [-0.25, -0.2) is 0 Å². The molecule has 0 amide bonds. The molecule has 1 rings (SSSR count). The van der Waals surface area contributed by atoms with E-state index < -0.39 is 0 Å². The molecule has 0 N–H and O–H groups in total. The van der Waals surface area contributed by atoms with Crippen molar-refractivity contribution in [3.63, 3.8) is 0 Å². The first-order valence-electron chi connectivity index (χ1n) is 3.23. The number of nitrogens with zero attached hydrogens (tertiary/aromatic N) is 2. The van der Waals surface area contributed by atoms with Gasteiger partial charge in [0.25, 0.3) is 0 Å². The first-order chi connectivity index (χ1) is 4.20. The zero-order chi connectivity index (χ0) is 6.85. The Labute approximate surface area is 61.4 Å². The van der Waals surface area contributed by atoms with E-state index in [1.807, 2.05) is 0 Å². The van der Waals surface area contributed by atoms with Gasteiger partial charge in [0.05, 0.1) is 5.50 Å². The van der Waals surface area contributed by atoms with Crippen LogP contribution in [0.1, 0.15) is 0 Å². The molecule has 1 fully saturated rings. The van der Waals surface area contributed by atoms with Gasteiger partial charge in [0.2, 0.25) is 0 Å². The van der Waals surface area contributed by atoms with Gasteiger partial charge in [-0.3, -0.25) is 4.90 Å². The summed E-state index contributed by atoms with van der Waals surface area (Å²) in [5.74, 6) is 0. The minimum Gasteiger partial charge on any atom is -0.302 e. The lowest BCUT2D eigenvalue weighted by Gasteiger charge is -2.33. The molecule has 1 saturated heterocycles. The predicted molar refractivity (Wildman–Crippen MR) is 39.8 cm³/mol. The molecule has 0 spiro atoms. The smallest absolute Gasteiger partial charge is 0.0976 e. The summed E-state index contributed by atoms with van der Waals surface area (Å²) in [6.07, 6.45) is 0. The van der Waals surface area contributed by atoms with Crippen LogP contribution in [0.15, 0.2) is 0 Å². The van der Waals surface area contributed by atoms with Crippen molar-refractivity contribution in [2.75, 3.05) is 33.7 Å². The van der Waals surface area contributed by atoms with E-state index in [0.717, 1.165) is 19.6 Å². The highest BCUT2D eigenvalue weighted by Crippen LogP contribution is 2.08. The van der Waals surface area contributed by atoms with Crippen LogP contribution in [0.2, 0.25) is 0 Å². The van der Waals surface area contributed by atoms with Gasteiger partial charge in [-0.2, -0.15) is 0 Å². The molecule has 0 aliphatic carbocycles. The van der Waals surface area contributed by atoms with Crippen LogP contribution >= 0.6 is 11.6 Å². The number of likely N-dealkylation sites (N-methyl/N-ethyl adjacent to an activating group) is 2. The van der Waals surface area contributed by atoms with E-state index in [1.54, 1.807) is 0 Å². The molecule has 54 valence electrons. The Balaban J connectivity index is 2.35. The van der Waals surface area contributed by atoms with Crippen molar-refractivity contribution in [3.8, 4) is 0 Å². The van der Waals surface area contributed by atoms with Gasteiger partial charge in [0, 0.05) is 19.6 Å². The molecule has 1 aliphatic rings. The molecule has 1 aliphatic heterocycles. The number of hydrogen-bond acceptors (Lipinski definition) is 2. The van der Waals surface area contributed by atoms with Crippen LogP contribution in [0.5, 0.6) is 0 Å². The van der Waals surface area contributed by atoms with E-state index in [2.05, 4.69) is 23.9 Å². The van der Waals surface area contributed by atoms with Crippen LogP contribution in [0.25, 0.3) is 0 Å². The Morgan fingerprint density at radius 1 is 1.33 bits per heavy atom. The first kappa shape index (κ1) is 7.32. The molecule has 0 unspecified atom stereocenters. The molecule has 0 saturated carbocycles. The van der Waals surface area contributed by atoms with Crippen LogP contribution in [-0.4, -0.2) is 49.0 Å². The maximum Gasteiger partial charge on any atom is 0.0976 e. The van der Waals surface area contributed by atoms with Gasteiger partial charge in [0.1, 0.15) is 0 Å². The van der Waals surface area contributed by atoms with Crippen molar-refractivity contribution >= 4 is 11.6 Å². The molecule has 0 aromatic carbocycles. The van der Waals surface area contributed by atoms with Crippen LogP contribution in [0.3, 0.4) is 0 Å². The minimum absolute atomic E-state index is 0.212. The Morgan fingerprint density at radius 3 is 2.44 bits per heavy atom. The zero-order valence-corrected chi connectivity index (χ0v) is 6.73. The molecule has 9 heavy (non-hydrogen) atoms. The van der Waals surface area contributed by atoms with Gasteiger partial charge < -0.3 is 4.90 Å². The maximum absolute atomic E-state index is 5.95. The number of halogens is 1. The maximum atomic E-state index is 5.95. The highest BCUT2D eigenvalue weighted by molar-refractivity contribution is 6.20. The number of alkyl halides is 1. The molecular formula is C6H13ClN2. The molecule has 1 heterocycles. The number of piperazine rings is 1. The third-order valence-corrected chi connectivity index (χ3v) is 2.25. The monoisotopic (exact) mass is 148 g/mol. The van der Waals surface area contributed by atoms with E-state index in [9.17, 15) is 0 Å². The first-order valence-corrected chi connectivity index (χ1v) is 3.66. The fourth-order valence-electron chi connectivity index (χ4n) is 0.956.